The van der Waals surface area contributed by atoms with Gasteiger partial charge in [0.2, 0.25) is 0 Å². The highest BCUT2D eigenvalue weighted by atomic mass is 19.1. The number of rotatable bonds is 9. The summed E-state index contributed by atoms with van der Waals surface area (Å²) in [6.45, 7) is 20.8. The van der Waals surface area contributed by atoms with Crippen LogP contribution in [0.4, 0.5) is 27.1 Å². The molecule has 6 heteroatoms. The monoisotopic (exact) mass is 1110 g/mol. The summed E-state index contributed by atoms with van der Waals surface area (Å²) in [5.41, 5.74) is 19.3. The highest BCUT2D eigenvalue weighted by molar-refractivity contribution is 6.09. The summed E-state index contributed by atoms with van der Waals surface area (Å²) < 4.78 is 26.2. The molecule has 1 aliphatic heterocycles. The van der Waals surface area contributed by atoms with Gasteiger partial charge in [0.1, 0.15) is 29.8 Å². The van der Waals surface area contributed by atoms with Crippen LogP contribution >= 0.6 is 0 Å². The number of halogens is 1. The number of hydrogen-bond donors (Lipinski definition) is 0. The Kier molecular flexibility index (Phi) is 12.6. The smallest absolute Gasteiger partial charge is 0.137 e. The minimum atomic E-state index is -0.971. The number of nitrogens with zero attached hydrogens (tertiary/aromatic N) is 4. The maximum Gasteiger partial charge on any atom is 0.137 e. The Labute approximate surface area is 499 Å². The topological polar surface area (TPSA) is 33.5 Å². The van der Waals surface area contributed by atoms with Crippen molar-refractivity contribution in [3.8, 4) is 50.7 Å². The van der Waals surface area contributed by atoms with Crippen LogP contribution in [0.1, 0.15) is 101 Å². The Bertz CT molecular complexity index is 4500. The summed E-state index contributed by atoms with van der Waals surface area (Å²) in [6, 6.07) is 84.3. The van der Waals surface area contributed by atoms with E-state index in [9.17, 15) is 0 Å². The summed E-state index contributed by atoms with van der Waals surface area (Å²) in [4.78, 5) is 9.95. The number of fused-ring (bicyclic) bond motifs is 7. The second-order valence-electron chi connectivity index (χ2n) is 26.2. The molecule has 1 unspecified atom stereocenters. The molecule has 14 rings (SSSR count). The van der Waals surface area contributed by atoms with Crippen molar-refractivity contribution in [1.82, 2.24) is 9.55 Å². The van der Waals surface area contributed by atoms with Crippen molar-refractivity contribution in [2.45, 2.75) is 84.0 Å². The Morgan fingerprint density at radius 3 is 1.71 bits per heavy atom. The highest BCUT2D eigenvalue weighted by Crippen LogP contribution is 2.59. The van der Waals surface area contributed by atoms with Crippen LogP contribution in [0.2, 0.25) is 0 Å². The normalized spacial score (nSPS) is 14.9. The largest absolute Gasteiger partial charge is 0.457 e. The molecule has 0 amide bonds. The van der Waals surface area contributed by atoms with Crippen LogP contribution in [0.15, 0.2) is 243 Å². The van der Waals surface area contributed by atoms with Gasteiger partial charge < -0.3 is 14.5 Å². The van der Waals surface area contributed by atoms with Gasteiger partial charge in [-0.2, -0.15) is 0 Å². The Hall–Kier alpha value is -9.52. The molecule has 2 aromatic heterocycles. The average molecular weight is 1110 g/mol. The van der Waals surface area contributed by atoms with Gasteiger partial charge in [0.05, 0.1) is 33.5 Å². The van der Waals surface area contributed by atoms with Crippen molar-refractivity contribution < 1.29 is 9.13 Å². The Morgan fingerprint density at radius 1 is 0.424 bits per heavy atom. The Morgan fingerprint density at radius 2 is 1.02 bits per heavy atom. The molecule has 2 aliphatic rings. The lowest BCUT2D eigenvalue weighted by Crippen LogP contribution is -2.30. The molecule has 3 heterocycles. The number of hydrogen-bond acceptors (Lipinski definition) is 4. The molecule has 1 aliphatic carbocycles. The van der Waals surface area contributed by atoms with Crippen LogP contribution in [0.25, 0.3) is 61.0 Å². The fraction of sp³-hybridized carbons (Fsp3) is 0.177. The first-order valence-electron chi connectivity index (χ1n) is 29.7. The van der Waals surface area contributed by atoms with E-state index in [2.05, 4.69) is 295 Å². The van der Waals surface area contributed by atoms with E-state index < -0.39 is 5.41 Å². The molecule has 418 valence electrons. The molecule has 0 saturated heterocycles. The molecule has 0 saturated carbocycles. The van der Waals surface area contributed by atoms with Crippen molar-refractivity contribution in [3.05, 3.63) is 288 Å². The minimum Gasteiger partial charge on any atom is -0.457 e. The number of pyridine rings is 1. The first-order chi connectivity index (χ1) is 40.9. The third kappa shape index (κ3) is 9.09. The molecule has 0 spiro atoms. The van der Waals surface area contributed by atoms with Gasteiger partial charge in [0, 0.05) is 45.9 Å². The lowest BCUT2D eigenvalue weighted by atomic mass is 9.67. The van der Waals surface area contributed by atoms with Gasteiger partial charge in [-0.1, -0.05) is 208 Å². The van der Waals surface area contributed by atoms with Crippen LogP contribution in [0.3, 0.4) is 0 Å². The second-order valence-corrected chi connectivity index (χ2v) is 26.2. The molecule has 0 bridgehead atoms. The third-order valence-corrected chi connectivity index (χ3v) is 17.7. The second kappa shape index (κ2) is 20.1. The third-order valence-electron chi connectivity index (χ3n) is 17.7. The van der Waals surface area contributed by atoms with Gasteiger partial charge >= 0.3 is 0 Å². The molecule has 5 nitrogen and oxygen atoms in total. The molecular weight excluding hydrogens is 1040 g/mol. The number of aromatic nitrogens is 2. The van der Waals surface area contributed by atoms with Gasteiger partial charge in [-0.3, -0.25) is 4.57 Å². The van der Waals surface area contributed by atoms with E-state index in [0.717, 1.165) is 106 Å². The van der Waals surface area contributed by atoms with Crippen LogP contribution in [-0.2, 0) is 21.7 Å². The van der Waals surface area contributed by atoms with Crippen molar-refractivity contribution in [2.24, 2.45) is 0 Å². The lowest BCUT2D eigenvalue weighted by Gasteiger charge is -2.35. The van der Waals surface area contributed by atoms with Crippen molar-refractivity contribution in [3.63, 3.8) is 0 Å². The highest BCUT2D eigenvalue weighted by Gasteiger charge is 2.47. The van der Waals surface area contributed by atoms with Gasteiger partial charge in [0.25, 0.3) is 0 Å². The quantitative estimate of drug-likeness (QED) is 0.144. The van der Waals surface area contributed by atoms with E-state index in [4.69, 9.17) is 9.72 Å². The minimum absolute atomic E-state index is 0.0797. The van der Waals surface area contributed by atoms with Gasteiger partial charge in [-0.15, -0.1) is 0 Å². The first kappa shape index (κ1) is 53.5. The zero-order chi connectivity index (χ0) is 58.6. The number of para-hydroxylation sites is 3. The maximum atomic E-state index is 16.4. The molecule has 1 atom stereocenters. The number of benzene rings is 10. The molecule has 10 aromatic carbocycles. The van der Waals surface area contributed by atoms with E-state index in [1.807, 2.05) is 12.3 Å². The van der Waals surface area contributed by atoms with Crippen molar-refractivity contribution in [2.75, 3.05) is 16.5 Å². The fourth-order valence-electron chi connectivity index (χ4n) is 13.3. The van der Waals surface area contributed by atoms with Gasteiger partial charge in [0.15, 0.2) is 0 Å². The maximum absolute atomic E-state index is 16.4. The predicted octanol–water partition coefficient (Wildman–Crippen LogP) is 20.9. The van der Waals surface area contributed by atoms with Gasteiger partial charge in [-0.05, 0) is 156 Å². The number of ether oxygens (including phenoxy) is 1. The molecule has 0 fully saturated rings. The van der Waals surface area contributed by atoms with E-state index in [1.165, 1.54) is 16.7 Å². The summed E-state index contributed by atoms with van der Waals surface area (Å²) in [5, 5.41) is 2.24. The summed E-state index contributed by atoms with van der Waals surface area (Å²) >= 11 is 0. The fourth-order valence-corrected chi connectivity index (χ4v) is 13.3. The van der Waals surface area contributed by atoms with Gasteiger partial charge in [-0.25, -0.2) is 9.37 Å². The molecule has 0 N–H and O–H groups in total. The molecule has 12 aromatic rings. The van der Waals surface area contributed by atoms with E-state index in [-0.39, 0.29) is 22.1 Å². The lowest BCUT2D eigenvalue weighted by molar-refractivity contribution is 0.482. The zero-order valence-electron chi connectivity index (χ0n) is 49.9. The van der Waals surface area contributed by atoms with E-state index in [0.29, 0.717) is 18.2 Å². The summed E-state index contributed by atoms with van der Waals surface area (Å²) in [7, 11) is 0. The van der Waals surface area contributed by atoms with Crippen molar-refractivity contribution in [1.29, 1.82) is 0 Å². The number of anilines is 4. The average Bonchev–Trinajstić information content (AvgIpc) is 1.82. The Balaban J connectivity index is 1.02. The van der Waals surface area contributed by atoms with E-state index in [1.54, 1.807) is 12.1 Å². The molecule has 0 radical (unpaired) electrons. The molecule has 85 heavy (non-hydrogen) atoms. The summed E-state index contributed by atoms with van der Waals surface area (Å²) in [5.74, 6) is 1.89. The van der Waals surface area contributed by atoms with Crippen LogP contribution in [0.5, 0.6) is 11.5 Å². The summed E-state index contributed by atoms with van der Waals surface area (Å²) in [6.07, 6.45) is 1.92. The standard InChI is InChI=1S/C79H69FN4O/c1-76(2,3)53-32-34-54(35-33-53)79(68-28-18-16-26-62(68)63-38-36-58(80)47-69(63)79)57-42-59(48-61(43-57)85-60-37-39-65-64-27-17-19-29-70(64)84(73(65)49-60)74-46-55(40-41-81-74)77(4,5)6)82-50-83(72-31-21-20-30-71(72)82)75-66(51-22-12-10-13-23-51)44-56(78(7,8)9)45-67(75)52-24-14-11-15-25-52/h10-49H,50H2,1-9H3. The van der Waals surface area contributed by atoms with Crippen LogP contribution in [-0.4, -0.2) is 16.2 Å². The van der Waals surface area contributed by atoms with E-state index >= 15 is 4.39 Å². The SMILES string of the molecule is CC(C)(C)c1ccc(C2(c3cc(Oc4ccc5c6ccccc6n(-c6cc(C(C)(C)C)ccn6)c5c4)cc(N4CN(c5c(-c6ccccc6)cc(C(C)(C)C)cc5-c5ccccc5)c5ccccc54)c3)c3ccccc3-c3ccc(F)cc32)cc1. The van der Waals surface area contributed by atoms with Crippen LogP contribution < -0.4 is 14.5 Å². The molecular formula is C79H69FN4O. The predicted molar refractivity (Wildman–Crippen MR) is 351 cm³/mol. The zero-order valence-corrected chi connectivity index (χ0v) is 49.9. The van der Waals surface area contributed by atoms with Crippen molar-refractivity contribution >= 4 is 44.6 Å². The first-order valence-corrected chi connectivity index (χ1v) is 29.7. The van der Waals surface area contributed by atoms with Crippen LogP contribution in [0, 0.1) is 5.82 Å².